The molecule has 7 rings (SSSR count). The highest BCUT2D eigenvalue weighted by Gasteiger charge is 2.54. The zero-order chi connectivity index (χ0) is 31.8. The number of carbonyl (C=O) groups is 1. The molecule has 3 aromatic heterocycles. The Morgan fingerprint density at radius 3 is 2.73 bits per heavy atom. The van der Waals surface area contributed by atoms with Crippen molar-refractivity contribution in [1.82, 2.24) is 35.5 Å². The first-order chi connectivity index (χ1) is 21.3. The maximum absolute atomic E-state index is 15.7. The highest BCUT2D eigenvalue weighted by molar-refractivity contribution is 7.55. The molecule has 4 aliphatic heterocycles. The lowest BCUT2D eigenvalue weighted by Gasteiger charge is -2.30. The van der Waals surface area contributed by atoms with Gasteiger partial charge in [0.2, 0.25) is 29.7 Å². The number of H-pyrrole nitrogens is 1. The van der Waals surface area contributed by atoms with Crippen LogP contribution in [0.25, 0.3) is 17.0 Å². The van der Waals surface area contributed by atoms with E-state index in [4.69, 9.17) is 33.0 Å². The molecule has 1 unspecified atom stereocenters. The van der Waals surface area contributed by atoms with Gasteiger partial charge in [0.25, 0.3) is 23.0 Å². The Labute approximate surface area is 248 Å². The number of furan rings is 1. The smallest absolute Gasteiger partial charge is 0.435 e. The van der Waals surface area contributed by atoms with Gasteiger partial charge in [0.15, 0.2) is 35.6 Å². The lowest BCUT2D eigenvalue weighted by molar-refractivity contribution is -0.124. The van der Waals surface area contributed by atoms with E-state index in [0.717, 1.165) is 10.9 Å². The number of halogens is 2. The average molecular weight is 679 g/mol. The van der Waals surface area contributed by atoms with Crippen LogP contribution in [0.3, 0.4) is 0 Å². The minimum absolute atomic E-state index is 0.0495. The van der Waals surface area contributed by atoms with E-state index in [9.17, 15) is 29.2 Å². The van der Waals surface area contributed by atoms with Crippen LogP contribution in [-0.4, -0.2) is 76.7 Å². The molecule has 240 valence electrons. The standard InChI is InChI=1S/C20H19F2N9O12P2/c21-8-6-1-38-44(34,35)42-12-7(41-18(9(12)22)30-4-26-10-14(30)24-3-25-16(10)32)2-39-45(36,37)43-13(8)19(40-6)31-5-27-11-15(31)28-20(23)29-17(11)33/h1,5,8,10,14,24,26,34-37H,2-4H2,(H2-2,23,25,28,29,32,33)/p+2/b6-1+/t8-,10-,14?/m1/s1. The van der Waals surface area contributed by atoms with Gasteiger partial charge < -0.3 is 25.1 Å². The number of hydrogen-bond acceptors (Lipinski definition) is 18. The number of nitrogens with two attached hydrogens (primary N) is 1. The topological polar surface area (TPSA) is 286 Å². The van der Waals surface area contributed by atoms with E-state index in [2.05, 4.69) is 30.9 Å². The van der Waals surface area contributed by atoms with Gasteiger partial charge in [0.1, 0.15) is 18.5 Å². The molecule has 45 heavy (non-hydrogen) atoms. The predicted molar refractivity (Wildman–Crippen MR) is 143 cm³/mol. The van der Waals surface area contributed by atoms with Gasteiger partial charge in [0, 0.05) is 0 Å². The van der Waals surface area contributed by atoms with Gasteiger partial charge >= 0.3 is 16.3 Å². The molecule has 0 aliphatic carbocycles. The molecule has 3 aromatic rings. The molecule has 0 radical (unpaired) electrons. The molecular formula is C20H21F2N9O12P2+2. The van der Waals surface area contributed by atoms with E-state index in [1.807, 2.05) is 0 Å². The van der Waals surface area contributed by atoms with E-state index in [1.54, 1.807) is 0 Å². The molecule has 2 fully saturated rings. The first-order valence-electron chi connectivity index (χ1n) is 12.5. The Kier molecular flexibility index (Phi) is 6.85. The van der Waals surface area contributed by atoms with E-state index >= 15 is 8.78 Å². The van der Waals surface area contributed by atoms with Crippen LogP contribution in [0, 0.1) is 5.82 Å². The normalized spacial score (nSPS) is 27.0. The number of ether oxygens (including phenoxy) is 1. The molecule has 0 saturated carbocycles. The van der Waals surface area contributed by atoms with Gasteiger partial charge in [-0.3, -0.25) is 34.3 Å². The van der Waals surface area contributed by atoms with E-state index in [0.29, 0.717) is 6.26 Å². The summed E-state index contributed by atoms with van der Waals surface area (Å²) < 4.78 is 63.2. The van der Waals surface area contributed by atoms with Crippen LogP contribution in [0.5, 0.6) is 5.75 Å². The van der Waals surface area contributed by atoms with Crippen LogP contribution >= 0.6 is 16.3 Å². The van der Waals surface area contributed by atoms with Crippen molar-refractivity contribution in [3.05, 3.63) is 46.0 Å². The molecule has 7 heterocycles. The van der Waals surface area contributed by atoms with Crippen molar-refractivity contribution in [1.29, 1.82) is 0 Å². The summed E-state index contributed by atoms with van der Waals surface area (Å²) in [4.78, 5) is 78.0. The van der Waals surface area contributed by atoms with Crippen LogP contribution in [0.15, 0.2) is 33.3 Å². The number of imidazole rings is 1. The quantitative estimate of drug-likeness (QED) is 0.139. The van der Waals surface area contributed by atoms with Crippen molar-refractivity contribution in [2.45, 2.75) is 25.0 Å². The minimum Gasteiger partial charge on any atom is -0.435 e. The van der Waals surface area contributed by atoms with Crippen LogP contribution < -0.4 is 36.7 Å². The summed E-state index contributed by atoms with van der Waals surface area (Å²) in [5, 5.41) is 8.37. The number of nitrogens with zero attached hydrogens (tertiary/aromatic N) is 4. The zero-order valence-corrected chi connectivity index (χ0v) is 23.9. The van der Waals surface area contributed by atoms with Gasteiger partial charge in [-0.2, -0.15) is 28.9 Å². The molecule has 3 atom stereocenters. The molecule has 2 saturated heterocycles. The molecule has 1 amide bonds. The second-order valence-electron chi connectivity index (χ2n) is 9.58. The Bertz CT molecular complexity index is 1840. The average Bonchev–Trinajstić information content (AvgIpc) is 3.72. The summed E-state index contributed by atoms with van der Waals surface area (Å²) in [5.74, 6) is -6.64. The number of rotatable bonds is 2. The van der Waals surface area contributed by atoms with E-state index in [1.165, 1.54) is 4.90 Å². The van der Waals surface area contributed by atoms with Gasteiger partial charge in [-0.25, -0.2) is 18.5 Å². The van der Waals surface area contributed by atoms with Crippen molar-refractivity contribution in [3.8, 4) is 5.75 Å². The number of nitrogens with one attached hydrogen (secondary N) is 4. The first-order valence-corrected chi connectivity index (χ1v) is 15.6. The molecule has 25 heteroatoms. The highest BCUT2D eigenvalue weighted by Crippen LogP contribution is 2.60. The molecule has 10 N–H and O–H groups in total. The van der Waals surface area contributed by atoms with E-state index < -0.39 is 87.5 Å². The van der Waals surface area contributed by atoms with Gasteiger partial charge in [-0.05, 0) is 0 Å². The Hall–Kier alpha value is -4.18. The number of carbonyl (C=O) groups excluding carboxylic acids is 1. The second kappa shape index (κ2) is 10.4. The number of anilines is 2. The summed E-state index contributed by atoms with van der Waals surface area (Å²) in [5.41, 5.74) is 4.32. The second-order valence-corrected chi connectivity index (χ2v) is 12.4. The minimum atomic E-state index is -5.10. The number of amides is 1. The molecule has 0 aromatic carbocycles. The predicted octanol–water partition coefficient (Wildman–Crippen LogP) is -1.52. The monoisotopic (exact) mass is 679 g/mol. The largest absolute Gasteiger partial charge is 0.663 e. The van der Waals surface area contributed by atoms with Crippen LogP contribution in [0.2, 0.25) is 0 Å². The van der Waals surface area contributed by atoms with Gasteiger partial charge in [-0.15, -0.1) is 4.52 Å². The summed E-state index contributed by atoms with van der Waals surface area (Å²) >= 11 is 0. The van der Waals surface area contributed by atoms with Crippen LogP contribution in [0.4, 0.5) is 20.6 Å². The number of nitrogen functional groups attached to an aromatic ring is 1. The van der Waals surface area contributed by atoms with Crippen molar-refractivity contribution < 1.29 is 60.4 Å². The zero-order valence-electron chi connectivity index (χ0n) is 22.1. The fraction of sp³-hybridized carbons (Fsp3) is 0.300. The van der Waals surface area contributed by atoms with Gasteiger partial charge in [0.05, 0.1) is 13.3 Å². The van der Waals surface area contributed by atoms with Crippen molar-refractivity contribution >= 4 is 51.1 Å². The maximum atomic E-state index is 15.7. The molecule has 2 bridgehead atoms. The molecule has 4 aliphatic rings. The summed E-state index contributed by atoms with van der Waals surface area (Å²) in [7, 11) is -10.2. The van der Waals surface area contributed by atoms with Crippen LogP contribution in [-0.2, 0) is 29.7 Å². The van der Waals surface area contributed by atoms with Gasteiger partial charge in [-0.1, -0.05) is 0 Å². The summed E-state index contributed by atoms with van der Waals surface area (Å²) in [6.07, 6.45) is -1.98. The number of hydrogen-bond donors (Lipinski definition) is 9. The Morgan fingerprint density at radius 1 is 1.13 bits per heavy atom. The highest BCUT2D eigenvalue weighted by atomic mass is 31.2. The van der Waals surface area contributed by atoms with Crippen LogP contribution in [0.1, 0.15) is 5.76 Å². The first kappa shape index (κ1) is 29.5. The lowest BCUT2D eigenvalue weighted by Crippen LogP contribution is -2.62. The third-order valence-electron chi connectivity index (χ3n) is 6.76. The van der Waals surface area contributed by atoms with Crippen molar-refractivity contribution in [2.75, 3.05) is 24.0 Å². The molecule has 0 spiro atoms. The fourth-order valence-corrected chi connectivity index (χ4v) is 6.29. The maximum Gasteiger partial charge on any atom is 0.663 e. The molecular weight excluding hydrogens is 658 g/mol. The third kappa shape index (κ3) is 5.09. The van der Waals surface area contributed by atoms with Crippen molar-refractivity contribution in [3.63, 3.8) is 0 Å². The lowest BCUT2D eigenvalue weighted by atomic mass is 10.2. The number of fused-ring (bicyclic) bond motifs is 5. The van der Waals surface area contributed by atoms with Crippen molar-refractivity contribution in [2.24, 2.45) is 0 Å². The SMILES string of the molecule is Nc1nc2c(ncn2C2=C3O[P+](O)(O)OCc4oc(N5CN[C@H]6C(=O)NCNC65)c(F)c4O[P+](O)(O)O/C=C(/O2)[C@H]3F)c(=O)[nH]1. The summed E-state index contributed by atoms with van der Waals surface area (Å²) in [6, 6.07) is -0.812. The number of alkyl halides is 1. The number of aromatic amines is 1. The fourth-order valence-electron chi connectivity index (χ4n) is 4.82. The number of aromatic nitrogens is 4. The Morgan fingerprint density at radius 2 is 1.93 bits per heavy atom. The third-order valence-corrected chi connectivity index (χ3v) is 8.46. The molecule has 21 nitrogen and oxygen atoms in total. The van der Waals surface area contributed by atoms with E-state index in [-0.39, 0.29) is 36.4 Å². The Balaban J connectivity index is 1.27. The summed E-state index contributed by atoms with van der Waals surface area (Å²) in [6.45, 7) is -1.10.